The molecule has 1 spiro atoms. The van der Waals surface area contributed by atoms with Gasteiger partial charge in [0.2, 0.25) is 5.91 Å². The van der Waals surface area contributed by atoms with Crippen molar-refractivity contribution in [2.24, 2.45) is 0 Å². The number of fused-ring (bicyclic) bond motifs is 3. The van der Waals surface area contributed by atoms with Crippen molar-refractivity contribution in [1.82, 2.24) is 5.32 Å². The number of piperidine rings is 1. The Morgan fingerprint density at radius 1 is 0.848 bits per heavy atom. The average molecular weight is 473 g/mol. The number of anilines is 1. The fraction of sp³-hybridized carbons (Fsp3) is 0.179. The summed E-state index contributed by atoms with van der Waals surface area (Å²) in [4.78, 5) is 14.1. The summed E-state index contributed by atoms with van der Waals surface area (Å²) in [6, 6.07) is 28.2. The summed E-state index contributed by atoms with van der Waals surface area (Å²) in [5.74, 6) is -0.0567. The molecule has 3 atom stereocenters. The molecule has 1 amide bonds. The zero-order valence-corrected chi connectivity index (χ0v) is 19.3. The molecule has 2 N–H and O–H groups in total. The number of carbonyl (C=O) groups is 1. The molecule has 33 heavy (non-hydrogen) atoms. The van der Waals surface area contributed by atoms with Gasteiger partial charge in [-0.3, -0.25) is 4.79 Å². The molecule has 1 saturated heterocycles. The van der Waals surface area contributed by atoms with Crippen molar-refractivity contribution < 1.29 is 4.79 Å². The predicted octanol–water partition coefficient (Wildman–Crippen LogP) is 6.85. The van der Waals surface area contributed by atoms with E-state index in [1.54, 1.807) is 0 Å². The van der Waals surface area contributed by atoms with Crippen LogP contribution in [-0.4, -0.2) is 12.5 Å². The van der Waals surface area contributed by atoms with Crippen molar-refractivity contribution in [1.29, 1.82) is 0 Å². The Labute approximate surface area is 202 Å². The fourth-order valence-electron chi connectivity index (χ4n) is 5.93. The molecule has 4 aromatic carbocycles. The Morgan fingerprint density at radius 2 is 1.64 bits per heavy atom. The minimum atomic E-state index is -0.840. The zero-order chi connectivity index (χ0) is 22.6. The van der Waals surface area contributed by atoms with Crippen molar-refractivity contribution in [2.45, 2.75) is 23.8 Å². The van der Waals surface area contributed by atoms with Crippen LogP contribution < -0.4 is 10.6 Å². The number of hydrogen-bond acceptors (Lipinski definition) is 2. The van der Waals surface area contributed by atoms with Crippen LogP contribution in [0.3, 0.4) is 0 Å². The first kappa shape index (κ1) is 20.7. The molecular formula is C28H22Cl2N2O. The smallest absolute Gasteiger partial charge is 0.237 e. The van der Waals surface area contributed by atoms with E-state index in [1.165, 1.54) is 0 Å². The van der Waals surface area contributed by atoms with Gasteiger partial charge in [-0.05, 0) is 64.7 Å². The Kier molecular flexibility index (Phi) is 4.95. The summed E-state index contributed by atoms with van der Waals surface area (Å²) in [5, 5.41) is 10.5. The summed E-state index contributed by atoms with van der Waals surface area (Å²) in [7, 11) is 0. The fourth-order valence-corrected chi connectivity index (χ4v) is 6.30. The maximum atomic E-state index is 14.1. The van der Waals surface area contributed by atoms with Gasteiger partial charge in [0.25, 0.3) is 0 Å². The number of carbonyl (C=O) groups excluding carboxylic acids is 1. The van der Waals surface area contributed by atoms with Crippen molar-refractivity contribution in [3.8, 4) is 0 Å². The van der Waals surface area contributed by atoms with Gasteiger partial charge in [-0.25, -0.2) is 0 Å². The molecule has 0 saturated carbocycles. The molecule has 6 rings (SSSR count). The molecule has 4 aromatic rings. The van der Waals surface area contributed by atoms with Crippen molar-refractivity contribution in [2.75, 3.05) is 11.9 Å². The van der Waals surface area contributed by atoms with Crippen LogP contribution in [0.1, 0.15) is 35.1 Å². The van der Waals surface area contributed by atoms with E-state index in [4.69, 9.17) is 23.2 Å². The number of amides is 1. The normalized spacial score (nSPS) is 24.1. The van der Waals surface area contributed by atoms with Crippen molar-refractivity contribution in [3.05, 3.63) is 112 Å². The molecular weight excluding hydrogens is 451 g/mol. The molecule has 0 bridgehead atoms. The molecule has 3 nitrogen and oxygen atoms in total. The van der Waals surface area contributed by atoms with E-state index in [2.05, 4.69) is 53.1 Å². The first-order valence-corrected chi connectivity index (χ1v) is 11.9. The molecule has 2 aliphatic rings. The lowest BCUT2D eigenvalue weighted by Crippen LogP contribution is -2.55. The third-order valence-corrected chi connectivity index (χ3v) is 7.69. The summed E-state index contributed by atoms with van der Waals surface area (Å²) >= 11 is 12.7. The maximum Gasteiger partial charge on any atom is 0.237 e. The van der Waals surface area contributed by atoms with Crippen LogP contribution in [0, 0.1) is 0 Å². The van der Waals surface area contributed by atoms with E-state index < -0.39 is 5.41 Å². The second-order valence-corrected chi connectivity index (χ2v) is 9.74. The Bertz CT molecular complexity index is 1400. The quantitative estimate of drug-likeness (QED) is 0.334. The first-order chi connectivity index (χ1) is 16.1. The molecule has 2 aliphatic heterocycles. The first-order valence-electron chi connectivity index (χ1n) is 11.2. The van der Waals surface area contributed by atoms with Gasteiger partial charge in [0.1, 0.15) is 5.41 Å². The SMILES string of the molecule is O=C1Nc2cc(Cl)ccc2[C@]12[C@@H](c1cccc3ccccc13)NCC[C@H]2c1cccc(Cl)c1. The topological polar surface area (TPSA) is 41.1 Å². The number of hydrogen-bond donors (Lipinski definition) is 2. The van der Waals surface area contributed by atoms with Crippen LogP contribution in [0.2, 0.25) is 10.0 Å². The monoisotopic (exact) mass is 472 g/mol. The lowest BCUT2D eigenvalue weighted by molar-refractivity contribution is -0.123. The molecule has 0 aromatic heterocycles. The highest BCUT2D eigenvalue weighted by Crippen LogP contribution is 2.58. The molecule has 0 radical (unpaired) electrons. The average Bonchev–Trinajstić information content (AvgIpc) is 3.10. The van der Waals surface area contributed by atoms with Gasteiger partial charge in [-0.15, -0.1) is 0 Å². The highest BCUT2D eigenvalue weighted by Gasteiger charge is 2.59. The van der Waals surface area contributed by atoms with E-state index in [0.717, 1.165) is 46.1 Å². The molecule has 164 valence electrons. The van der Waals surface area contributed by atoms with Crippen molar-refractivity contribution in [3.63, 3.8) is 0 Å². The van der Waals surface area contributed by atoms with Gasteiger partial charge in [0, 0.05) is 21.7 Å². The summed E-state index contributed by atoms with van der Waals surface area (Å²) in [5.41, 5.74) is 3.12. The maximum absolute atomic E-state index is 14.1. The number of halogens is 2. The lowest BCUT2D eigenvalue weighted by Gasteiger charge is -2.47. The Hall–Kier alpha value is -2.85. The number of benzene rings is 4. The van der Waals surface area contributed by atoms with E-state index in [-0.39, 0.29) is 17.9 Å². The third kappa shape index (κ3) is 3.11. The van der Waals surface area contributed by atoms with Gasteiger partial charge in [-0.1, -0.05) is 83.9 Å². The van der Waals surface area contributed by atoms with Crippen LogP contribution in [-0.2, 0) is 10.2 Å². The molecule has 0 unspecified atom stereocenters. The predicted molar refractivity (Wildman–Crippen MR) is 135 cm³/mol. The molecule has 0 aliphatic carbocycles. The third-order valence-electron chi connectivity index (χ3n) is 7.22. The molecule has 2 heterocycles. The highest BCUT2D eigenvalue weighted by molar-refractivity contribution is 6.31. The van der Waals surface area contributed by atoms with Gasteiger partial charge in [-0.2, -0.15) is 0 Å². The van der Waals surface area contributed by atoms with Crippen LogP contribution in [0.25, 0.3) is 10.8 Å². The summed E-state index contributed by atoms with van der Waals surface area (Å²) in [6.07, 6.45) is 0.817. The minimum Gasteiger partial charge on any atom is -0.325 e. The summed E-state index contributed by atoms with van der Waals surface area (Å²) in [6.45, 7) is 0.795. The van der Waals surface area contributed by atoms with E-state index in [0.29, 0.717) is 10.0 Å². The lowest BCUT2D eigenvalue weighted by atomic mass is 9.59. The highest BCUT2D eigenvalue weighted by atomic mass is 35.5. The van der Waals surface area contributed by atoms with Crippen LogP contribution >= 0.6 is 23.2 Å². The van der Waals surface area contributed by atoms with Crippen LogP contribution in [0.15, 0.2) is 84.9 Å². The van der Waals surface area contributed by atoms with Gasteiger partial charge < -0.3 is 10.6 Å². The van der Waals surface area contributed by atoms with E-state index in [1.807, 2.05) is 42.5 Å². The second-order valence-electron chi connectivity index (χ2n) is 8.86. The number of rotatable bonds is 2. The van der Waals surface area contributed by atoms with Crippen molar-refractivity contribution >= 4 is 45.6 Å². The molecule has 5 heteroatoms. The van der Waals surface area contributed by atoms with Gasteiger partial charge in [0.15, 0.2) is 0 Å². The van der Waals surface area contributed by atoms with E-state index in [9.17, 15) is 4.79 Å². The minimum absolute atomic E-state index is 0.00474. The Morgan fingerprint density at radius 3 is 2.52 bits per heavy atom. The van der Waals surface area contributed by atoms with Crippen LogP contribution in [0.4, 0.5) is 5.69 Å². The number of nitrogens with one attached hydrogen (secondary N) is 2. The largest absolute Gasteiger partial charge is 0.325 e. The standard InChI is InChI=1S/C28H22Cl2N2O/c29-19-8-3-7-18(15-19)23-13-14-31-26(22-10-4-6-17-5-1-2-9-21(17)22)28(23)24-12-11-20(30)16-25(24)32-27(28)33/h1-12,15-16,23,26,31H,13-14H2,(H,32,33)/t23-,26+,28+/m0/s1. The second kappa shape index (κ2) is 7.88. The van der Waals surface area contributed by atoms with Gasteiger partial charge in [0.05, 0.1) is 6.04 Å². The van der Waals surface area contributed by atoms with E-state index >= 15 is 0 Å². The Balaban J connectivity index is 1.65. The summed E-state index contributed by atoms with van der Waals surface area (Å²) < 4.78 is 0. The zero-order valence-electron chi connectivity index (χ0n) is 17.8. The molecule has 1 fully saturated rings. The van der Waals surface area contributed by atoms with Gasteiger partial charge >= 0.3 is 0 Å². The van der Waals surface area contributed by atoms with Crippen LogP contribution in [0.5, 0.6) is 0 Å².